The molecule has 1 rings (SSSR count). The summed E-state index contributed by atoms with van der Waals surface area (Å²) in [5.41, 5.74) is 0. The van der Waals surface area contributed by atoms with Gasteiger partial charge in [0, 0.05) is 10.3 Å². The highest BCUT2D eigenvalue weighted by atomic mass is 35.5. The summed E-state index contributed by atoms with van der Waals surface area (Å²) in [6.45, 7) is 0. The molecule has 0 aliphatic rings. The Morgan fingerprint density at radius 1 is 1.75 bits per heavy atom. The molecule has 1 heterocycles. The van der Waals surface area contributed by atoms with Crippen LogP contribution in [0.5, 0.6) is 0 Å². The number of rotatable bonds is 2. The highest BCUT2D eigenvalue weighted by Gasteiger charge is 2.05. The van der Waals surface area contributed by atoms with E-state index in [1.807, 2.05) is 0 Å². The molecule has 0 amide bonds. The van der Waals surface area contributed by atoms with Gasteiger partial charge in [0.1, 0.15) is 0 Å². The number of hydrogen-bond acceptors (Lipinski definition) is 2. The number of carbonyl (C=O) groups is 1. The van der Waals surface area contributed by atoms with E-state index in [9.17, 15) is 9.18 Å². The van der Waals surface area contributed by atoms with E-state index in [2.05, 4.69) is 0 Å². The molecule has 0 radical (unpaired) electrons. The van der Waals surface area contributed by atoms with Crippen molar-refractivity contribution in [3.8, 4) is 0 Å². The Morgan fingerprint density at radius 2 is 2.42 bits per heavy atom. The molecule has 0 saturated heterocycles. The van der Waals surface area contributed by atoms with Crippen LogP contribution in [0.1, 0.15) is 4.88 Å². The van der Waals surface area contributed by atoms with E-state index in [0.717, 1.165) is 6.08 Å². The Morgan fingerprint density at radius 3 is 2.83 bits per heavy atom. The highest BCUT2D eigenvalue weighted by molar-refractivity contribution is 7.11. The van der Waals surface area contributed by atoms with E-state index >= 15 is 0 Å². The van der Waals surface area contributed by atoms with Gasteiger partial charge in [-0.1, -0.05) is 11.6 Å². The van der Waals surface area contributed by atoms with Crippen LogP contribution in [0.25, 0.3) is 6.08 Å². The van der Waals surface area contributed by atoms with E-state index < -0.39 is 11.8 Å². The van der Waals surface area contributed by atoms with Gasteiger partial charge < -0.3 is 5.11 Å². The van der Waals surface area contributed by atoms with Crippen LogP contribution in [0.15, 0.2) is 17.3 Å². The maximum atomic E-state index is 12.4. The van der Waals surface area contributed by atoms with Gasteiger partial charge in [-0.25, -0.2) is 4.79 Å². The molecular formula is C7H4ClFO2S. The first-order valence-corrected chi connectivity index (χ1v) is 4.20. The van der Waals surface area contributed by atoms with Crippen molar-refractivity contribution < 1.29 is 14.3 Å². The highest BCUT2D eigenvalue weighted by Crippen LogP contribution is 2.21. The normalized spacial score (nSPS) is 11.7. The van der Waals surface area contributed by atoms with E-state index in [1.54, 1.807) is 5.38 Å². The third-order valence-corrected chi connectivity index (χ3v) is 2.29. The van der Waals surface area contributed by atoms with Crippen molar-refractivity contribution in [3.63, 3.8) is 0 Å². The lowest BCUT2D eigenvalue weighted by atomic mass is 10.4. The van der Waals surface area contributed by atoms with Crippen LogP contribution in [0, 0.1) is 0 Å². The summed E-state index contributed by atoms with van der Waals surface area (Å²) in [6.07, 6.45) is 0.929. The topological polar surface area (TPSA) is 37.3 Å². The summed E-state index contributed by atoms with van der Waals surface area (Å²) in [5, 5.41) is 10.3. The third kappa shape index (κ3) is 2.32. The van der Waals surface area contributed by atoms with Gasteiger partial charge in [0.15, 0.2) is 0 Å². The van der Waals surface area contributed by atoms with Crippen LogP contribution < -0.4 is 0 Å². The van der Waals surface area contributed by atoms with Crippen LogP contribution in [0.3, 0.4) is 0 Å². The summed E-state index contributed by atoms with van der Waals surface area (Å²) >= 11 is 6.72. The minimum Gasteiger partial charge on any atom is -0.476 e. The average molecular weight is 207 g/mol. The van der Waals surface area contributed by atoms with Crippen molar-refractivity contribution in [2.45, 2.75) is 0 Å². The van der Waals surface area contributed by atoms with Crippen LogP contribution in [-0.4, -0.2) is 11.1 Å². The largest absolute Gasteiger partial charge is 0.476 e. The molecule has 64 valence electrons. The first kappa shape index (κ1) is 9.22. The predicted octanol–water partition coefficient (Wildman–Crippen LogP) is 2.80. The molecular weight excluding hydrogens is 203 g/mol. The Labute approximate surface area is 76.9 Å². The minimum atomic E-state index is -1.57. The van der Waals surface area contributed by atoms with Crippen molar-refractivity contribution in [1.82, 2.24) is 0 Å². The molecule has 1 aromatic heterocycles. The molecule has 0 unspecified atom stereocenters. The molecule has 0 spiro atoms. The number of halogens is 2. The van der Waals surface area contributed by atoms with E-state index in [4.69, 9.17) is 16.7 Å². The molecule has 1 aromatic rings. The molecule has 0 bridgehead atoms. The second-order valence-corrected chi connectivity index (χ2v) is 3.34. The zero-order valence-electron chi connectivity index (χ0n) is 5.75. The van der Waals surface area contributed by atoms with E-state index in [0.29, 0.717) is 9.90 Å². The van der Waals surface area contributed by atoms with Crippen molar-refractivity contribution in [2.24, 2.45) is 0 Å². The Bertz CT molecular complexity index is 332. The monoisotopic (exact) mass is 206 g/mol. The Hall–Kier alpha value is -0.870. The van der Waals surface area contributed by atoms with Gasteiger partial charge in [0.25, 0.3) is 0 Å². The van der Waals surface area contributed by atoms with Gasteiger partial charge in [-0.15, -0.1) is 11.3 Å². The molecule has 12 heavy (non-hydrogen) atoms. The number of carboxylic acid groups (broad SMARTS) is 1. The maximum absolute atomic E-state index is 12.4. The summed E-state index contributed by atoms with van der Waals surface area (Å²) in [4.78, 5) is 10.5. The second-order valence-electron chi connectivity index (χ2n) is 1.96. The van der Waals surface area contributed by atoms with Gasteiger partial charge in [0.05, 0.1) is 5.02 Å². The number of thiophene rings is 1. The summed E-state index contributed by atoms with van der Waals surface area (Å²) in [5.74, 6) is -2.76. The number of hydrogen-bond donors (Lipinski definition) is 1. The lowest BCUT2D eigenvalue weighted by Gasteiger charge is -1.85. The van der Waals surface area contributed by atoms with Crippen LogP contribution in [0.2, 0.25) is 5.02 Å². The zero-order chi connectivity index (χ0) is 9.14. The molecule has 0 saturated carbocycles. The van der Waals surface area contributed by atoms with Gasteiger partial charge in [-0.3, -0.25) is 0 Å². The van der Waals surface area contributed by atoms with Crippen LogP contribution in [-0.2, 0) is 4.79 Å². The molecule has 0 aromatic carbocycles. The van der Waals surface area contributed by atoms with Crippen molar-refractivity contribution >= 4 is 35.0 Å². The summed E-state index contributed by atoms with van der Waals surface area (Å²) in [6, 6.07) is 1.49. The fourth-order valence-electron chi connectivity index (χ4n) is 0.591. The lowest BCUT2D eigenvalue weighted by molar-refractivity contribution is -0.134. The number of carboxylic acids is 1. The SMILES string of the molecule is O=C(O)C(F)=Cc1cc(Cl)cs1. The van der Waals surface area contributed by atoms with Crippen molar-refractivity contribution in [1.29, 1.82) is 0 Å². The molecule has 5 heteroatoms. The first-order chi connectivity index (χ1) is 5.59. The number of aliphatic carboxylic acids is 1. The van der Waals surface area contributed by atoms with Gasteiger partial charge >= 0.3 is 5.97 Å². The fourth-order valence-corrected chi connectivity index (χ4v) is 1.59. The molecule has 0 fully saturated rings. The standard InChI is InChI=1S/C7H4ClFO2S/c8-4-1-5(12-3-4)2-6(9)7(10)11/h1-3H,(H,10,11). The minimum absolute atomic E-state index is 0.476. The lowest BCUT2D eigenvalue weighted by Crippen LogP contribution is -1.93. The predicted molar refractivity (Wildman–Crippen MR) is 46.0 cm³/mol. The molecule has 1 N–H and O–H groups in total. The van der Waals surface area contributed by atoms with Gasteiger partial charge in [0.2, 0.25) is 5.83 Å². The summed E-state index contributed by atoms with van der Waals surface area (Å²) < 4.78 is 12.4. The Kier molecular flexibility index (Phi) is 2.83. The van der Waals surface area contributed by atoms with E-state index in [-0.39, 0.29) is 0 Å². The first-order valence-electron chi connectivity index (χ1n) is 2.94. The van der Waals surface area contributed by atoms with Crippen molar-refractivity contribution in [2.75, 3.05) is 0 Å². The second kappa shape index (κ2) is 3.69. The van der Waals surface area contributed by atoms with Crippen LogP contribution in [0.4, 0.5) is 4.39 Å². The maximum Gasteiger partial charge on any atom is 0.364 e. The fraction of sp³-hybridized carbons (Fsp3) is 0. The van der Waals surface area contributed by atoms with Crippen molar-refractivity contribution in [3.05, 3.63) is 27.2 Å². The average Bonchev–Trinajstić information content (AvgIpc) is 2.35. The van der Waals surface area contributed by atoms with Gasteiger partial charge in [-0.05, 0) is 12.1 Å². The summed E-state index contributed by atoms with van der Waals surface area (Å²) in [7, 11) is 0. The smallest absolute Gasteiger partial charge is 0.364 e. The molecule has 0 atom stereocenters. The molecule has 0 aliphatic carbocycles. The quantitative estimate of drug-likeness (QED) is 0.756. The van der Waals surface area contributed by atoms with Gasteiger partial charge in [-0.2, -0.15) is 4.39 Å². The molecule has 0 aliphatic heterocycles. The third-order valence-electron chi connectivity index (χ3n) is 1.06. The van der Waals surface area contributed by atoms with E-state index in [1.165, 1.54) is 17.4 Å². The van der Waals surface area contributed by atoms with Crippen LogP contribution >= 0.6 is 22.9 Å². The Balaban J connectivity index is 2.87. The molecule has 2 nitrogen and oxygen atoms in total. The zero-order valence-corrected chi connectivity index (χ0v) is 7.32.